The summed E-state index contributed by atoms with van der Waals surface area (Å²) in [7, 11) is 0. The number of nitrogens with one attached hydrogen (secondary N) is 1. The zero-order valence-electron chi connectivity index (χ0n) is 10.2. The molecule has 1 saturated carbocycles. The first-order chi connectivity index (χ1) is 8.09. The first kappa shape index (κ1) is 12.8. The van der Waals surface area contributed by atoms with Crippen molar-refractivity contribution in [3.63, 3.8) is 0 Å². The summed E-state index contributed by atoms with van der Waals surface area (Å²) in [5, 5.41) is 3.95. The maximum Gasteiger partial charge on any atom is 0.124 e. The lowest BCUT2D eigenvalue weighted by Gasteiger charge is -2.24. The van der Waals surface area contributed by atoms with Crippen molar-refractivity contribution < 1.29 is 4.39 Å². The lowest BCUT2D eigenvalue weighted by Crippen LogP contribution is -2.29. The molecule has 2 rings (SSSR count). The van der Waals surface area contributed by atoms with Crippen LogP contribution in [0.25, 0.3) is 0 Å². The van der Waals surface area contributed by atoms with Crippen LogP contribution in [0.2, 0.25) is 5.02 Å². The number of rotatable bonds is 4. The summed E-state index contributed by atoms with van der Waals surface area (Å²) in [6, 6.07) is 4.58. The van der Waals surface area contributed by atoms with Crippen molar-refractivity contribution in [1.82, 2.24) is 5.32 Å². The van der Waals surface area contributed by atoms with Gasteiger partial charge in [0.1, 0.15) is 5.82 Å². The highest BCUT2D eigenvalue weighted by Gasteiger charge is 2.27. The van der Waals surface area contributed by atoms with E-state index >= 15 is 0 Å². The van der Waals surface area contributed by atoms with Crippen molar-refractivity contribution in [3.8, 4) is 0 Å². The fourth-order valence-electron chi connectivity index (χ4n) is 2.57. The topological polar surface area (TPSA) is 12.0 Å². The van der Waals surface area contributed by atoms with Crippen molar-refractivity contribution in [2.24, 2.45) is 5.41 Å². The van der Waals surface area contributed by atoms with E-state index in [2.05, 4.69) is 12.2 Å². The van der Waals surface area contributed by atoms with Gasteiger partial charge < -0.3 is 5.32 Å². The Balaban J connectivity index is 1.85. The Labute approximate surface area is 107 Å². The van der Waals surface area contributed by atoms with Crippen LogP contribution >= 0.6 is 11.6 Å². The van der Waals surface area contributed by atoms with E-state index < -0.39 is 0 Å². The molecule has 1 nitrogen and oxygen atoms in total. The molecule has 0 spiro atoms. The fraction of sp³-hybridized carbons (Fsp3) is 0.571. The van der Waals surface area contributed by atoms with Gasteiger partial charge in [0.15, 0.2) is 0 Å². The zero-order valence-corrected chi connectivity index (χ0v) is 11.0. The van der Waals surface area contributed by atoms with E-state index in [1.54, 1.807) is 6.07 Å². The second-order valence-electron chi connectivity index (χ2n) is 5.36. The van der Waals surface area contributed by atoms with Gasteiger partial charge in [-0.3, -0.25) is 0 Å². The molecule has 0 radical (unpaired) electrons. The molecule has 1 aliphatic carbocycles. The predicted molar refractivity (Wildman–Crippen MR) is 69.7 cm³/mol. The molecule has 0 bridgehead atoms. The lowest BCUT2D eigenvalue weighted by molar-refractivity contribution is 0.314. The molecular weight excluding hydrogens is 237 g/mol. The van der Waals surface area contributed by atoms with E-state index in [-0.39, 0.29) is 5.82 Å². The molecule has 0 heterocycles. The quantitative estimate of drug-likeness (QED) is 0.852. The average molecular weight is 256 g/mol. The summed E-state index contributed by atoms with van der Waals surface area (Å²) in [5.74, 6) is -0.276. The molecule has 1 aromatic carbocycles. The molecule has 1 aromatic rings. The Hall–Kier alpha value is -0.600. The van der Waals surface area contributed by atoms with Gasteiger partial charge in [-0.2, -0.15) is 0 Å². The predicted octanol–water partition coefficient (Wildman–Crippen LogP) is 4.15. The molecule has 0 atom stereocenters. The highest BCUT2D eigenvalue weighted by Crippen LogP contribution is 2.36. The van der Waals surface area contributed by atoms with Crippen LogP contribution in [0.4, 0.5) is 4.39 Å². The highest BCUT2D eigenvalue weighted by molar-refractivity contribution is 6.31. The van der Waals surface area contributed by atoms with Gasteiger partial charge in [-0.15, -0.1) is 0 Å². The monoisotopic (exact) mass is 255 g/mol. The van der Waals surface area contributed by atoms with Crippen LogP contribution in [0.5, 0.6) is 0 Å². The standard InChI is InChI=1S/C14H19ClFN/c1-14(6-2-3-7-14)10-17-9-11-4-5-12(16)8-13(11)15/h4-5,8,17H,2-3,6-7,9-10H2,1H3. The summed E-state index contributed by atoms with van der Waals surface area (Å²) in [4.78, 5) is 0. The maximum absolute atomic E-state index is 12.9. The van der Waals surface area contributed by atoms with Crippen molar-refractivity contribution >= 4 is 11.6 Å². The van der Waals surface area contributed by atoms with Gasteiger partial charge in [0.05, 0.1) is 0 Å². The Morgan fingerprint density at radius 3 is 2.71 bits per heavy atom. The van der Waals surface area contributed by atoms with Gasteiger partial charge in [-0.05, 0) is 36.0 Å². The van der Waals surface area contributed by atoms with Crippen LogP contribution < -0.4 is 5.32 Å². The van der Waals surface area contributed by atoms with Gasteiger partial charge in [-0.25, -0.2) is 4.39 Å². The van der Waals surface area contributed by atoms with Crippen LogP contribution in [0.15, 0.2) is 18.2 Å². The normalized spacial score (nSPS) is 18.5. The third-order valence-electron chi connectivity index (χ3n) is 3.69. The van der Waals surface area contributed by atoms with E-state index in [0.29, 0.717) is 17.0 Å². The third-order valence-corrected chi connectivity index (χ3v) is 4.04. The van der Waals surface area contributed by atoms with E-state index in [1.165, 1.54) is 37.8 Å². The molecule has 0 aromatic heterocycles. The second-order valence-corrected chi connectivity index (χ2v) is 5.76. The third kappa shape index (κ3) is 3.43. The molecule has 3 heteroatoms. The molecule has 0 saturated heterocycles. The zero-order chi connectivity index (χ0) is 12.3. The van der Waals surface area contributed by atoms with Crippen LogP contribution in [0.1, 0.15) is 38.2 Å². The van der Waals surface area contributed by atoms with E-state index in [4.69, 9.17) is 11.6 Å². The Bertz CT molecular complexity index is 386. The molecule has 1 N–H and O–H groups in total. The Morgan fingerprint density at radius 2 is 2.06 bits per heavy atom. The minimum absolute atomic E-state index is 0.276. The van der Waals surface area contributed by atoms with E-state index in [1.807, 2.05) is 0 Å². The first-order valence-electron chi connectivity index (χ1n) is 6.24. The minimum Gasteiger partial charge on any atom is -0.312 e. The highest BCUT2D eigenvalue weighted by atomic mass is 35.5. The second kappa shape index (κ2) is 5.36. The Kier molecular flexibility index (Phi) is 4.05. The molecular formula is C14H19ClFN. The van der Waals surface area contributed by atoms with E-state index in [9.17, 15) is 4.39 Å². The molecule has 0 aliphatic heterocycles. The van der Waals surface area contributed by atoms with Crippen molar-refractivity contribution in [3.05, 3.63) is 34.6 Å². The minimum atomic E-state index is -0.276. The van der Waals surface area contributed by atoms with Crippen molar-refractivity contribution in [2.45, 2.75) is 39.2 Å². The van der Waals surface area contributed by atoms with Gasteiger partial charge in [0.25, 0.3) is 0 Å². The fourth-order valence-corrected chi connectivity index (χ4v) is 2.80. The van der Waals surface area contributed by atoms with Gasteiger partial charge in [-0.1, -0.05) is 37.4 Å². The molecule has 0 amide bonds. The summed E-state index contributed by atoms with van der Waals surface area (Å²) >= 11 is 5.98. The molecule has 0 unspecified atom stereocenters. The summed E-state index contributed by atoms with van der Waals surface area (Å²) in [6.45, 7) is 4.06. The number of halogens is 2. The van der Waals surface area contributed by atoms with Gasteiger partial charge >= 0.3 is 0 Å². The number of hydrogen-bond donors (Lipinski definition) is 1. The maximum atomic E-state index is 12.9. The SMILES string of the molecule is CC1(CNCc2ccc(F)cc2Cl)CCCC1. The van der Waals surface area contributed by atoms with E-state index in [0.717, 1.165) is 12.1 Å². The van der Waals surface area contributed by atoms with Gasteiger partial charge in [0.2, 0.25) is 0 Å². The van der Waals surface area contributed by atoms with Gasteiger partial charge in [0, 0.05) is 18.1 Å². The number of benzene rings is 1. The Morgan fingerprint density at radius 1 is 1.35 bits per heavy atom. The smallest absolute Gasteiger partial charge is 0.124 e. The first-order valence-corrected chi connectivity index (χ1v) is 6.62. The molecule has 94 valence electrons. The summed E-state index contributed by atoms with van der Waals surface area (Å²) in [5.41, 5.74) is 1.40. The van der Waals surface area contributed by atoms with Crippen LogP contribution in [0, 0.1) is 11.2 Å². The van der Waals surface area contributed by atoms with Crippen molar-refractivity contribution in [2.75, 3.05) is 6.54 Å². The summed E-state index contributed by atoms with van der Waals surface area (Å²) in [6.07, 6.45) is 5.29. The van der Waals surface area contributed by atoms with Crippen LogP contribution in [-0.2, 0) is 6.54 Å². The molecule has 1 fully saturated rings. The van der Waals surface area contributed by atoms with Crippen molar-refractivity contribution in [1.29, 1.82) is 0 Å². The average Bonchev–Trinajstić information content (AvgIpc) is 2.69. The molecule has 1 aliphatic rings. The largest absolute Gasteiger partial charge is 0.312 e. The lowest BCUT2D eigenvalue weighted by atomic mass is 9.89. The summed E-state index contributed by atoms with van der Waals surface area (Å²) < 4.78 is 12.9. The van der Waals surface area contributed by atoms with Crippen LogP contribution in [0.3, 0.4) is 0 Å². The molecule has 17 heavy (non-hydrogen) atoms. The van der Waals surface area contributed by atoms with Crippen LogP contribution in [-0.4, -0.2) is 6.54 Å². The number of hydrogen-bond acceptors (Lipinski definition) is 1.